The van der Waals surface area contributed by atoms with Gasteiger partial charge in [0.05, 0.1) is 6.04 Å². The lowest BCUT2D eigenvalue weighted by Gasteiger charge is -2.15. The van der Waals surface area contributed by atoms with Crippen molar-refractivity contribution >= 4 is 24.0 Å². The highest BCUT2D eigenvalue weighted by Gasteiger charge is 2.13. The van der Waals surface area contributed by atoms with E-state index in [1.165, 1.54) is 0 Å². The molecule has 0 saturated carbocycles. The molecule has 0 heterocycles. The van der Waals surface area contributed by atoms with E-state index in [2.05, 4.69) is 5.32 Å². The molecule has 102 valence electrons. The molecule has 5 heteroatoms. The molecule has 0 saturated heterocycles. The number of nitrogens with two attached hydrogens (primary N) is 1. The average molecular weight is 273 g/mol. The summed E-state index contributed by atoms with van der Waals surface area (Å²) in [6.07, 6.45) is 0. The Hall–Kier alpha value is -1.26. The van der Waals surface area contributed by atoms with Crippen molar-refractivity contribution < 1.29 is 9.90 Å². The van der Waals surface area contributed by atoms with Gasteiger partial charge >= 0.3 is 0 Å². The summed E-state index contributed by atoms with van der Waals surface area (Å²) in [5.41, 5.74) is 7.84. The highest BCUT2D eigenvalue weighted by Crippen LogP contribution is 2.31. The maximum absolute atomic E-state index is 11.5. The van der Waals surface area contributed by atoms with Crippen LogP contribution in [-0.2, 0) is 4.79 Å². The van der Waals surface area contributed by atoms with Crippen molar-refractivity contribution in [3.63, 3.8) is 0 Å². The van der Waals surface area contributed by atoms with Crippen LogP contribution in [0.15, 0.2) is 12.1 Å². The number of aromatic hydroxyl groups is 1. The Labute approximate surface area is 114 Å². The SMILES string of the molecule is Cc1cc(O)c(C(C)C)cc1NC(=O)[C@@H](C)N.Cl. The molecule has 1 atom stereocenters. The zero-order chi connectivity index (χ0) is 13.2. The Bertz CT molecular complexity index is 431. The van der Waals surface area contributed by atoms with Crippen molar-refractivity contribution in [3.8, 4) is 5.75 Å². The second-order valence-corrected chi connectivity index (χ2v) is 4.66. The molecular weight excluding hydrogens is 252 g/mol. The molecule has 1 aromatic carbocycles. The van der Waals surface area contributed by atoms with Gasteiger partial charge in [-0.05, 0) is 43.0 Å². The van der Waals surface area contributed by atoms with E-state index in [0.29, 0.717) is 5.69 Å². The first-order valence-corrected chi connectivity index (χ1v) is 5.73. The summed E-state index contributed by atoms with van der Waals surface area (Å²) in [7, 11) is 0. The normalized spacial score (nSPS) is 11.9. The molecule has 0 aliphatic rings. The average Bonchev–Trinajstić information content (AvgIpc) is 2.21. The minimum Gasteiger partial charge on any atom is -0.508 e. The summed E-state index contributed by atoms with van der Waals surface area (Å²) in [5, 5.41) is 12.5. The van der Waals surface area contributed by atoms with Crippen molar-refractivity contribution in [2.45, 2.75) is 39.7 Å². The first-order chi connectivity index (χ1) is 7.82. The van der Waals surface area contributed by atoms with Crippen molar-refractivity contribution in [2.75, 3.05) is 5.32 Å². The molecule has 18 heavy (non-hydrogen) atoms. The zero-order valence-electron chi connectivity index (χ0n) is 11.2. The predicted octanol–water partition coefficient (Wildman–Crippen LogP) is 2.53. The van der Waals surface area contributed by atoms with E-state index < -0.39 is 6.04 Å². The number of aryl methyl sites for hydroxylation is 1. The summed E-state index contributed by atoms with van der Waals surface area (Å²) in [6.45, 7) is 7.44. The molecule has 1 rings (SSSR count). The van der Waals surface area contributed by atoms with Gasteiger partial charge in [-0.25, -0.2) is 0 Å². The topological polar surface area (TPSA) is 75.3 Å². The maximum Gasteiger partial charge on any atom is 0.241 e. The van der Waals surface area contributed by atoms with E-state index in [4.69, 9.17) is 5.73 Å². The number of benzene rings is 1. The van der Waals surface area contributed by atoms with Crippen LogP contribution >= 0.6 is 12.4 Å². The van der Waals surface area contributed by atoms with Crippen LogP contribution in [0.4, 0.5) is 5.69 Å². The molecule has 1 aromatic rings. The minimum atomic E-state index is -0.550. The summed E-state index contributed by atoms with van der Waals surface area (Å²) in [6, 6.07) is 2.91. The van der Waals surface area contributed by atoms with Crippen LogP contribution in [0, 0.1) is 6.92 Å². The molecule has 0 aliphatic carbocycles. The van der Waals surface area contributed by atoms with Gasteiger partial charge in [-0.3, -0.25) is 4.79 Å². The van der Waals surface area contributed by atoms with Crippen LogP contribution in [0.2, 0.25) is 0 Å². The Morgan fingerprint density at radius 1 is 1.33 bits per heavy atom. The Balaban J connectivity index is 0.00000289. The highest BCUT2D eigenvalue weighted by atomic mass is 35.5. The fourth-order valence-corrected chi connectivity index (χ4v) is 1.55. The number of amides is 1. The van der Waals surface area contributed by atoms with Crippen LogP contribution in [0.1, 0.15) is 37.8 Å². The van der Waals surface area contributed by atoms with Gasteiger partial charge < -0.3 is 16.2 Å². The number of anilines is 1. The third-order valence-electron chi connectivity index (χ3n) is 2.67. The molecule has 4 nitrogen and oxygen atoms in total. The van der Waals surface area contributed by atoms with Crippen LogP contribution < -0.4 is 11.1 Å². The fraction of sp³-hybridized carbons (Fsp3) is 0.462. The molecule has 0 fully saturated rings. The number of carbonyl (C=O) groups is 1. The summed E-state index contributed by atoms with van der Waals surface area (Å²) in [5.74, 6) is 0.228. The second-order valence-electron chi connectivity index (χ2n) is 4.66. The molecule has 0 bridgehead atoms. The van der Waals surface area contributed by atoms with Gasteiger partial charge in [0, 0.05) is 5.69 Å². The van der Waals surface area contributed by atoms with Crippen molar-refractivity contribution in [1.29, 1.82) is 0 Å². The molecule has 0 aromatic heterocycles. The first-order valence-electron chi connectivity index (χ1n) is 5.73. The molecule has 1 amide bonds. The van der Waals surface area contributed by atoms with Gasteiger partial charge in [0.25, 0.3) is 0 Å². The number of phenols is 1. The standard InChI is InChI=1S/C13H20N2O2.ClH/c1-7(2)10-6-11(8(3)5-12(10)16)15-13(17)9(4)14;/h5-7,9,16H,14H2,1-4H3,(H,15,17);1H/t9-;/m1./s1. The number of nitrogens with one attached hydrogen (secondary N) is 1. The molecule has 0 radical (unpaired) electrons. The predicted molar refractivity (Wildman–Crippen MR) is 76.5 cm³/mol. The smallest absolute Gasteiger partial charge is 0.241 e. The van der Waals surface area contributed by atoms with E-state index >= 15 is 0 Å². The lowest BCUT2D eigenvalue weighted by molar-refractivity contribution is -0.117. The van der Waals surface area contributed by atoms with Crippen molar-refractivity contribution in [3.05, 3.63) is 23.3 Å². The third-order valence-corrected chi connectivity index (χ3v) is 2.67. The van der Waals surface area contributed by atoms with E-state index in [9.17, 15) is 9.90 Å². The molecule has 0 spiro atoms. The van der Waals surface area contributed by atoms with E-state index in [-0.39, 0.29) is 30.0 Å². The van der Waals surface area contributed by atoms with E-state index in [0.717, 1.165) is 11.1 Å². The number of rotatable bonds is 3. The monoisotopic (exact) mass is 272 g/mol. The van der Waals surface area contributed by atoms with Crippen LogP contribution in [0.5, 0.6) is 5.75 Å². The van der Waals surface area contributed by atoms with Crippen LogP contribution in [0.3, 0.4) is 0 Å². The highest BCUT2D eigenvalue weighted by molar-refractivity contribution is 5.95. The van der Waals surface area contributed by atoms with Crippen molar-refractivity contribution in [1.82, 2.24) is 0 Å². The summed E-state index contributed by atoms with van der Waals surface area (Å²) < 4.78 is 0. The summed E-state index contributed by atoms with van der Waals surface area (Å²) >= 11 is 0. The van der Waals surface area contributed by atoms with Crippen molar-refractivity contribution in [2.24, 2.45) is 5.73 Å². The molecule has 0 unspecified atom stereocenters. The lowest BCUT2D eigenvalue weighted by Crippen LogP contribution is -2.32. The van der Waals surface area contributed by atoms with Gasteiger partial charge in [0.1, 0.15) is 5.75 Å². The second kappa shape index (κ2) is 6.61. The molecule has 4 N–H and O–H groups in total. The molecular formula is C13H21ClN2O2. The Kier molecular flexibility index (Phi) is 6.15. The third kappa shape index (κ3) is 3.89. The first kappa shape index (κ1) is 16.7. The van der Waals surface area contributed by atoms with Gasteiger partial charge in [0.15, 0.2) is 0 Å². The molecule has 0 aliphatic heterocycles. The van der Waals surface area contributed by atoms with Gasteiger partial charge in [-0.15, -0.1) is 12.4 Å². The number of halogens is 1. The Morgan fingerprint density at radius 2 is 1.89 bits per heavy atom. The number of phenolic OH excluding ortho intramolecular Hbond substituents is 1. The maximum atomic E-state index is 11.5. The number of hydrogen-bond acceptors (Lipinski definition) is 3. The largest absolute Gasteiger partial charge is 0.508 e. The minimum absolute atomic E-state index is 0. The number of hydrogen-bond donors (Lipinski definition) is 3. The van der Waals surface area contributed by atoms with Gasteiger partial charge in [-0.2, -0.15) is 0 Å². The van der Waals surface area contributed by atoms with Crippen LogP contribution in [-0.4, -0.2) is 17.1 Å². The van der Waals surface area contributed by atoms with Gasteiger partial charge in [0.2, 0.25) is 5.91 Å². The lowest BCUT2D eigenvalue weighted by atomic mass is 9.99. The van der Waals surface area contributed by atoms with E-state index in [1.54, 1.807) is 19.1 Å². The van der Waals surface area contributed by atoms with Gasteiger partial charge in [-0.1, -0.05) is 13.8 Å². The zero-order valence-corrected chi connectivity index (χ0v) is 12.0. The summed E-state index contributed by atoms with van der Waals surface area (Å²) in [4.78, 5) is 11.5. The quantitative estimate of drug-likeness (QED) is 0.740. The fourth-order valence-electron chi connectivity index (χ4n) is 1.55. The number of carbonyl (C=O) groups excluding carboxylic acids is 1. The Morgan fingerprint density at radius 3 is 2.33 bits per heavy atom. The van der Waals surface area contributed by atoms with E-state index in [1.807, 2.05) is 20.8 Å². The van der Waals surface area contributed by atoms with Crippen LogP contribution in [0.25, 0.3) is 0 Å².